The predicted octanol–water partition coefficient (Wildman–Crippen LogP) is 0.195. The quantitative estimate of drug-likeness (QED) is 0.721. The summed E-state index contributed by atoms with van der Waals surface area (Å²) in [6.45, 7) is 5.06. The zero-order chi connectivity index (χ0) is 11.5. The number of carbonyl (C=O) groups is 1. The number of hydrogen-bond donors (Lipinski definition) is 2. The van der Waals surface area contributed by atoms with Crippen LogP contribution in [-0.2, 0) is 4.79 Å². The maximum Gasteiger partial charge on any atom is 0.224 e. The fourth-order valence-corrected chi connectivity index (χ4v) is 2.80. The van der Waals surface area contributed by atoms with Crippen LogP contribution in [0.25, 0.3) is 0 Å². The minimum absolute atomic E-state index is 0.173. The van der Waals surface area contributed by atoms with Gasteiger partial charge in [-0.2, -0.15) is 0 Å². The van der Waals surface area contributed by atoms with Gasteiger partial charge in [0.15, 0.2) is 0 Å². The van der Waals surface area contributed by atoms with Crippen LogP contribution in [-0.4, -0.2) is 49.6 Å². The summed E-state index contributed by atoms with van der Waals surface area (Å²) >= 11 is 0. The summed E-state index contributed by atoms with van der Waals surface area (Å²) < 4.78 is 0. The summed E-state index contributed by atoms with van der Waals surface area (Å²) in [5.74, 6) is 0.407. The molecular weight excluding hydrogens is 202 g/mol. The Hall–Kier alpha value is -0.610. The first kappa shape index (κ1) is 11.9. The SMILES string of the molecule is CC1NCCC1C(=O)NCC1CCCN1C. The van der Waals surface area contributed by atoms with Crippen LogP contribution >= 0.6 is 0 Å². The third-order valence-electron chi connectivity index (χ3n) is 4.05. The zero-order valence-electron chi connectivity index (χ0n) is 10.3. The lowest BCUT2D eigenvalue weighted by Gasteiger charge is -2.21. The molecule has 16 heavy (non-hydrogen) atoms. The molecule has 0 aromatic rings. The number of amides is 1. The van der Waals surface area contributed by atoms with Crippen molar-refractivity contribution in [3.05, 3.63) is 0 Å². The van der Waals surface area contributed by atoms with Gasteiger partial charge in [0.1, 0.15) is 0 Å². The van der Waals surface area contributed by atoms with E-state index in [0.717, 1.165) is 19.5 Å². The molecule has 2 heterocycles. The van der Waals surface area contributed by atoms with E-state index in [0.29, 0.717) is 12.1 Å². The first-order chi connectivity index (χ1) is 7.68. The van der Waals surface area contributed by atoms with E-state index in [-0.39, 0.29) is 11.8 Å². The van der Waals surface area contributed by atoms with E-state index in [1.807, 2.05) is 0 Å². The highest BCUT2D eigenvalue weighted by Crippen LogP contribution is 2.16. The Labute approximate surface area is 97.8 Å². The van der Waals surface area contributed by atoms with Crippen molar-refractivity contribution in [2.24, 2.45) is 5.92 Å². The van der Waals surface area contributed by atoms with Gasteiger partial charge in [0, 0.05) is 18.6 Å². The molecule has 0 aromatic carbocycles. The van der Waals surface area contributed by atoms with Gasteiger partial charge >= 0.3 is 0 Å². The van der Waals surface area contributed by atoms with Gasteiger partial charge in [0.05, 0.1) is 5.92 Å². The van der Waals surface area contributed by atoms with Crippen LogP contribution in [0.1, 0.15) is 26.2 Å². The lowest BCUT2D eigenvalue weighted by atomic mass is 10.0. The van der Waals surface area contributed by atoms with E-state index >= 15 is 0 Å². The molecule has 2 aliphatic rings. The predicted molar refractivity (Wildman–Crippen MR) is 64.2 cm³/mol. The maximum absolute atomic E-state index is 11.9. The highest BCUT2D eigenvalue weighted by atomic mass is 16.1. The molecule has 4 heteroatoms. The molecule has 2 N–H and O–H groups in total. The van der Waals surface area contributed by atoms with Crippen LogP contribution in [0.5, 0.6) is 0 Å². The van der Waals surface area contributed by atoms with E-state index < -0.39 is 0 Å². The summed E-state index contributed by atoms with van der Waals surface area (Å²) in [5.41, 5.74) is 0. The van der Waals surface area contributed by atoms with Gasteiger partial charge < -0.3 is 15.5 Å². The molecule has 0 bridgehead atoms. The van der Waals surface area contributed by atoms with Crippen molar-refractivity contribution >= 4 is 5.91 Å². The minimum Gasteiger partial charge on any atom is -0.354 e. The average molecular weight is 225 g/mol. The summed E-state index contributed by atoms with van der Waals surface area (Å²) in [7, 11) is 2.14. The summed E-state index contributed by atoms with van der Waals surface area (Å²) in [5, 5.41) is 6.42. The third kappa shape index (κ3) is 2.55. The van der Waals surface area contributed by atoms with E-state index in [2.05, 4.69) is 29.5 Å². The highest BCUT2D eigenvalue weighted by Gasteiger charge is 2.30. The molecule has 3 unspecified atom stereocenters. The van der Waals surface area contributed by atoms with Gasteiger partial charge in [0.25, 0.3) is 0 Å². The van der Waals surface area contributed by atoms with E-state index in [4.69, 9.17) is 0 Å². The first-order valence-corrected chi connectivity index (χ1v) is 6.40. The fourth-order valence-electron chi connectivity index (χ4n) is 2.80. The number of nitrogens with one attached hydrogen (secondary N) is 2. The number of rotatable bonds is 3. The van der Waals surface area contributed by atoms with Crippen molar-refractivity contribution in [1.82, 2.24) is 15.5 Å². The third-order valence-corrected chi connectivity index (χ3v) is 4.05. The van der Waals surface area contributed by atoms with Crippen LogP contribution in [0.4, 0.5) is 0 Å². The highest BCUT2D eigenvalue weighted by molar-refractivity contribution is 5.79. The van der Waals surface area contributed by atoms with Crippen LogP contribution in [0.2, 0.25) is 0 Å². The van der Waals surface area contributed by atoms with Crippen LogP contribution < -0.4 is 10.6 Å². The Kier molecular flexibility index (Phi) is 3.82. The summed E-state index contributed by atoms with van der Waals surface area (Å²) in [4.78, 5) is 14.3. The molecule has 2 fully saturated rings. The summed E-state index contributed by atoms with van der Waals surface area (Å²) in [6, 6.07) is 0.884. The van der Waals surface area contributed by atoms with Crippen LogP contribution in [0.3, 0.4) is 0 Å². The Bertz CT molecular complexity index is 257. The van der Waals surface area contributed by atoms with Crippen LogP contribution in [0.15, 0.2) is 0 Å². The molecule has 4 nitrogen and oxygen atoms in total. The van der Waals surface area contributed by atoms with Crippen molar-refractivity contribution in [3.63, 3.8) is 0 Å². The molecule has 1 amide bonds. The molecule has 0 saturated carbocycles. The Morgan fingerprint density at radius 1 is 1.50 bits per heavy atom. The second kappa shape index (κ2) is 5.15. The van der Waals surface area contributed by atoms with Crippen molar-refractivity contribution < 1.29 is 4.79 Å². The van der Waals surface area contributed by atoms with Gasteiger partial charge in [0.2, 0.25) is 5.91 Å². The smallest absolute Gasteiger partial charge is 0.224 e. The molecule has 0 radical (unpaired) electrons. The molecule has 0 spiro atoms. The molecule has 2 aliphatic heterocycles. The number of carbonyl (C=O) groups excluding carboxylic acids is 1. The lowest BCUT2D eigenvalue weighted by molar-refractivity contribution is -0.125. The van der Waals surface area contributed by atoms with Crippen molar-refractivity contribution in [2.45, 2.75) is 38.3 Å². The Morgan fingerprint density at radius 3 is 2.88 bits per heavy atom. The number of likely N-dealkylation sites (tertiary alicyclic amines) is 1. The molecule has 92 valence electrons. The molecule has 0 aliphatic carbocycles. The second-order valence-corrected chi connectivity index (χ2v) is 5.16. The largest absolute Gasteiger partial charge is 0.354 e. The molecule has 2 saturated heterocycles. The van der Waals surface area contributed by atoms with E-state index in [1.54, 1.807) is 0 Å². The van der Waals surface area contributed by atoms with E-state index in [1.165, 1.54) is 19.4 Å². The van der Waals surface area contributed by atoms with Gasteiger partial charge in [-0.05, 0) is 46.3 Å². The number of likely N-dealkylation sites (N-methyl/N-ethyl adjacent to an activating group) is 1. The zero-order valence-corrected chi connectivity index (χ0v) is 10.3. The molecular formula is C12H23N3O. The number of hydrogen-bond acceptors (Lipinski definition) is 3. The molecule has 3 atom stereocenters. The van der Waals surface area contributed by atoms with Gasteiger partial charge in [-0.3, -0.25) is 4.79 Å². The Balaban J connectivity index is 1.75. The van der Waals surface area contributed by atoms with Gasteiger partial charge in [-0.25, -0.2) is 0 Å². The van der Waals surface area contributed by atoms with Crippen LogP contribution in [0, 0.1) is 5.92 Å². The van der Waals surface area contributed by atoms with Gasteiger partial charge in [-0.1, -0.05) is 0 Å². The van der Waals surface area contributed by atoms with Crippen molar-refractivity contribution in [3.8, 4) is 0 Å². The molecule has 0 aromatic heterocycles. The minimum atomic E-state index is 0.173. The second-order valence-electron chi connectivity index (χ2n) is 5.16. The normalized spacial score (nSPS) is 35.5. The van der Waals surface area contributed by atoms with E-state index in [9.17, 15) is 4.79 Å². The van der Waals surface area contributed by atoms with Crippen molar-refractivity contribution in [2.75, 3.05) is 26.7 Å². The Morgan fingerprint density at radius 2 is 2.31 bits per heavy atom. The maximum atomic E-state index is 11.9. The fraction of sp³-hybridized carbons (Fsp3) is 0.917. The van der Waals surface area contributed by atoms with Gasteiger partial charge in [-0.15, -0.1) is 0 Å². The summed E-state index contributed by atoms with van der Waals surface area (Å²) in [6.07, 6.45) is 3.46. The topological polar surface area (TPSA) is 44.4 Å². The first-order valence-electron chi connectivity index (χ1n) is 6.40. The lowest BCUT2D eigenvalue weighted by Crippen LogP contribution is -2.42. The monoisotopic (exact) mass is 225 g/mol. The van der Waals surface area contributed by atoms with Crippen molar-refractivity contribution in [1.29, 1.82) is 0 Å². The standard InChI is InChI=1S/C12H23N3O/c1-9-11(5-6-13-9)12(16)14-8-10-4-3-7-15(10)2/h9-11,13H,3-8H2,1-2H3,(H,14,16). The number of nitrogens with zero attached hydrogens (tertiary/aromatic N) is 1. The molecule has 2 rings (SSSR count). The average Bonchev–Trinajstić information content (AvgIpc) is 2.84.